The van der Waals surface area contributed by atoms with Gasteiger partial charge in [-0.1, -0.05) is 32.9 Å². The lowest BCUT2D eigenvalue weighted by atomic mass is 9.82. The van der Waals surface area contributed by atoms with E-state index < -0.39 is 0 Å². The SMILES string of the molecule is CCC(C)(C)c1ccc(OCCN)cc1.Cl. The van der Waals surface area contributed by atoms with Crippen molar-refractivity contribution in [2.75, 3.05) is 13.2 Å². The van der Waals surface area contributed by atoms with Crippen LogP contribution in [0.1, 0.15) is 32.8 Å². The Morgan fingerprint density at radius 2 is 1.75 bits per heavy atom. The lowest BCUT2D eigenvalue weighted by Gasteiger charge is -2.23. The number of hydrogen-bond donors (Lipinski definition) is 1. The second-order valence-corrected chi connectivity index (χ2v) is 4.40. The summed E-state index contributed by atoms with van der Waals surface area (Å²) in [7, 11) is 0. The largest absolute Gasteiger partial charge is 0.492 e. The topological polar surface area (TPSA) is 35.2 Å². The molecule has 0 saturated heterocycles. The first kappa shape index (κ1) is 15.3. The quantitative estimate of drug-likeness (QED) is 0.863. The third-order valence-corrected chi connectivity index (χ3v) is 2.91. The van der Waals surface area contributed by atoms with E-state index in [0.29, 0.717) is 13.2 Å². The van der Waals surface area contributed by atoms with E-state index in [-0.39, 0.29) is 17.8 Å². The van der Waals surface area contributed by atoms with Crippen LogP contribution in [-0.2, 0) is 5.41 Å². The fourth-order valence-corrected chi connectivity index (χ4v) is 1.38. The predicted molar refractivity (Wildman–Crippen MR) is 71.6 cm³/mol. The van der Waals surface area contributed by atoms with Gasteiger partial charge in [0.05, 0.1) is 0 Å². The van der Waals surface area contributed by atoms with Crippen molar-refractivity contribution in [3.8, 4) is 5.75 Å². The molecule has 0 unspecified atom stereocenters. The van der Waals surface area contributed by atoms with Crippen molar-refractivity contribution in [3.05, 3.63) is 29.8 Å². The molecule has 2 nitrogen and oxygen atoms in total. The van der Waals surface area contributed by atoms with E-state index >= 15 is 0 Å². The van der Waals surface area contributed by atoms with E-state index in [1.807, 2.05) is 12.1 Å². The zero-order valence-electron chi connectivity index (χ0n) is 10.3. The Balaban J connectivity index is 0.00000225. The van der Waals surface area contributed by atoms with Gasteiger partial charge in [-0.3, -0.25) is 0 Å². The van der Waals surface area contributed by atoms with Crippen LogP contribution < -0.4 is 10.5 Å². The Morgan fingerprint density at radius 1 is 1.19 bits per heavy atom. The Kier molecular flexibility index (Phi) is 6.46. The lowest BCUT2D eigenvalue weighted by molar-refractivity contribution is 0.328. The molecule has 3 heteroatoms. The van der Waals surface area contributed by atoms with Crippen LogP contribution in [0, 0.1) is 0 Å². The molecule has 0 radical (unpaired) electrons. The molecule has 0 amide bonds. The fraction of sp³-hybridized carbons (Fsp3) is 0.538. The molecule has 0 aliphatic rings. The highest BCUT2D eigenvalue weighted by Gasteiger charge is 2.17. The summed E-state index contributed by atoms with van der Waals surface area (Å²) in [4.78, 5) is 0. The van der Waals surface area contributed by atoms with E-state index in [0.717, 1.165) is 12.2 Å². The molecule has 0 spiro atoms. The summed E-state index contributed by atoms with van der Waals surface area (Å²) >= 11 is 0. The zero-order chi connectivity index (χ0) is 11.3. The summed E-state index contributed by atoms with van der Waals surface area (Å²) in [5.74, 6) is 0.899. The number of nitrogens with two attached hydrogens (primary N) is 1. The van der Waals surface area contributed by atoms with Crippen molar-refractivity contribution < 1.29 is 4.74 Å². The second-order valence-electron chi connectivity index (χ2n) is 4.40. The van der Waals surface area contributed by atoms with Crippen LogP contribution in [0.25, 0.3) is 0 Å². The van der Waals surface area contributed by atoms with Crippen LogP contribution >= 0.6 is 12.4 Å². The number of ether oxygens (including phenoxy) is 1. The molecule has 1 aromatic rings. The van der Waals surface area contributed by atoms with E-state index in [1.54, 1.807) is 0 Å². The maximum atomic E-state index is 5.43. The minimum Gasteiger partial charge on any atom is -0.492 e. The van der Waals surface area contributed by atoms with Gasteiger partial charge in [-0.2, -0.15) is 0 Å². The zero-order valence-corrected chi connectivity index (χ0v) is 11.1. The van der Waals surface area contributed by atoms with Gasteiger partial charge in [-0.25, -0.2) is 0 Å². The number of hydrogen-bond acceptors (Lipinski definition) is 2. The molecule has 0 aliphatic heterocycles. The van der Waals surface area contributed by atoms with Gasteiger partial charge in [0.2, 0.25) is 0 Å². The van der Waals surface area contributed by atoms with Gasteiger partial charge in [0.25, 0.3) is 0 Å². The third kappa shape index (κ3) is 4.03. The lowest BCUT2D eigenvalue weighted by Crippen LogP contribution is -2.15. The predicted octanol–water partition coefficient (Wildman–Crippen LogP) is 3.13. The Morgan fingerprint density at radius 3 is 2.19 bits per heavy atom. The Bertz CT molecular complexity index is 295. The summed E-state index contributed by atoms with van der Waals surface area (Å²) in [5.41, 5.74) is 6.97. The average Bonchev–Trinajstić information content (AvgIpc) is 2.27. The molecular formula is C13H22ClNO. The van der Waals surface area contributed by atoms with Crippen molar-refractivity contribution in [1.82, 2.24) is 0 Å². The monoisotopic (exact) mass is 243 g/mol. The molecule has 16 heavy (non-hydrogen) atoms. The summed E-state index contributed by atoms with van der Waals surface area (Å²) in [6.07, 6.45) is 1.13. The van der Waals surface area contributed by atoms with E-state index in [1.165, 1.54) is 5.56 Å². The van der Waals surface area contributed by atoms with Crippen LogP contribution in [0.4, 0.5) is 0 Å². The number of benzene rings is 1. The summed E-state index contributed by atoms with van der Waals surface area (Å²) in [5, 5.41) is 0. The van der Waals surface area contributed by atoms with Gasteiger partial charge in [-0.15, -0.1) is 12.4 Å². The molecular weight excluding hydrogens is 222 g/mol. The van der Waals surface area contributed by atoms with E-state index in [4.69, 9.17) is 10.5 Å². The minimum atomic E-state index is 0. The van der Waals surface area contributed by atoms with Crippen LogP contribution in [0.3, 0.4) is 0 Å². The Labute approximate surface area is 105 Å². The Hall–Kier alpha value is -0.730. The van der Waals surface area contributed by atoms with Gasteiger partial charge in [0.15, 0.2) is 0 Å². The first-order chi connectivity index (χ1) is 7.10. The molecule has 0 aliphatic carbocycles. The van der Waals surface area contributed by atoms with Crippen molar-refractivity contribution in [1.29, 1.82) is 0 Å². The molecule has 1 rings (SSSR count). The molecule has 0 aromatic heterocycles. The molecule has 1 aromatic carbocycles. The van der Waals surface area contributed by atoms with Crippen molar-refractivity contribution >= 4 is 12.4 Å². The van der Waals surface area contributed by atoms with Crippen LogP contribution in [0.15, 0.2) is 24.3 Å². The van der Waals surface area contributed by atoms with Gasteiger partial charge in [0, 0.05) is 6.54 Å². The van der Waals surface area contributed by atoms with E-state index in [2.05, 4.69) is 32.9 Å². The first-order valence-electron chi connectivity index (χ1n) is 5.53. The molecule has 92 valence electrons. The standard InChI is InChI=1S/C13H21NO.ClH/c1-4-13(2,3)11-5-7-12(8-6-11)15-10-9-14;/h5-8H,4,9-10,14H2,1-3H3;1H. The summed E-state index contributed by atoms with van der Waals surface area (Å²) in [6, 6.07) is 8.30. The molecule has 0 bridgehead atoms. The molecule has 0 fully saturated rings. The number of rotatable bonds is 5. The summed E-state index contributed by atoms with van der Waals surface area (Å²) < 4.78 is 5.43. The molecule has 0 saturated carbocycles. The second kappa shape index (κ2) is 6.77. The maximum absolute atomic E-state index is 5.43. The van der Waals surface area contributed by atoms with Crippen LogP contribution in [0.2, 0.25) is 0 Å². The average molecular weight is 244 g/mol. The first-order valence-corrected chi connectivity index (χ1v) is 5.53. The van der Waals surface area contributed by atoms with Gasteiger partial charge < -0.3 is 10.5 Å². The van der Waals surface area contributed by atoms with Crippen molar-refractivity contribution in [2.45, 2.75) is 32.6 Å². The molecule has 0 atom stereocenters. The van der Waals surface area contributed by atoms with Gasteiger partial charge >= 0.3 is 0 Å². The van der Waals surface area contributed by atoms with Crippen molar-refractivity contribution in [2.24, 2.45) is 5.73 Å². The number of halogens is 1. The molecule has 2 N–H and O–H groups in total. The van der Waals surface area contributed by atoms with Gasteiger partial charge in [-0.05, 0) is 29.5 Å². The smallest absolute Gasteiger partial charge is 0.119 e. The van der Waals surface area contributed by atoms with E-state index in [9.17, 15) is 0 Å². The highest BCUT2D eigenvalue weighted by molar-refractivity contribution is 5.85. The minimum absolute atomic E-state index is 0. The maximum Gasteiger partial charge on any atom is 0.119 e. The van der Waals surface area contributed by atoms with Gasteiger partial charge in [0.1, 0.15) is 12.4 Å². The normalized spacial score (nSPS) is 10.8. The fourth-order valence-electron chi connectivity index (χ4n) is 1.38. The highest BCUT2D eigenvalue weighted by Crippen LogP contribution is 2.27. The van der Waals surface area contributed by atoms with Crippen LogP contribution in [-0.4, -0.2) is 13.2 Å². The highest BCUT2D eigenvalue weighted by atomic mass is 35.5. The van der Waals surface area contributed by atoms with Crippen molar-refractivity contribution in [3.63, 3.8) is 0 Å². The molecule has 0 heterocycles. The van der Waals surface area contributed by atoms with Crippen LogP contribution in [0.5, 0.6) is 5.75 Å². The third-order valence-electron chi connectivity index (χ3n) is 2.91. The summed E-state index contributed by atoms with van der Waals surface area (Å²) in [6.45, 7) is 7.85.